The summed E-state index contributed by atoms with van der Waals surface area (Å²) in [7, 11) is -2.86. The van der Waals surface area contributed by atoms with Gasteiger partial charge in [0.2, 0.25) is 0 Å². The van der Waals surface area contributed by atoms with E-state index in [2.05, 4.69) is 4.90 Å². The van der Waals surface area contributed by atoms with Crippen molar-refractivity contribution in [3.8, 4) is 0 Å². The maximum atomic E-state index is 11.1. The van der Waals surface area contributed by atoms with E-state index in [1.807, 2.05) is 13.8 Å². The lowest BCUT2D eigenvalue weighted by Gasteiger charge is -2.29. The van der Waals surface area contributed by atoms with Gasteiger partial charge < -0.3 is 5.73 Å². The largest absolute Gasteiger partial charge is 0.324 e. The fourth-order valence-corrected chi connectivity index (χ4v) is 2.20. The van der Waals surface area contributed by atoms with E-state index in [0.29, 0.717) is 12.6 Å². The first-order chi connectivity index (χ1) is 6.67. The van der Waals surface area contributed by atoms with Crippen LogP contribution in [0.15, 0.2) is 0 Å². The third-order valence-corrected chi connectivity index (χ3v) is 3.35. The van der Waals surface area contributed by atoms with Crippen molar-refractivity contribution in [2.75, 3.05) is 25.1 Å². The number of hydrogen-bond donors (Lipinski definition) is 1. The summed E-state index contributed by atoms with van der Waals surface area (Å²) in [6.45, 7) is 5.34. The van der Waals surface area contributed by atoms with Crippen LogP contribution in [0.5, 0.6) is 0 Å². The first-order valence-corrected chi connectivity index (χ1v) is 7.44. The Morgan fingerprint density at radius 2 is 1.93 bits per heavy atom. The Hall–Kier alpha value is -0.130. The van der Waals surface area contributed by atoms with Crippen LogP contribution in [0.3, 0.4) is 0 Å². The lowest BCUT2D eigenvalue weighted by Crippen LogP contribution is -2.47. The second kappa shape index (κ2) is 4.39. The van der Waals surface area contributed by atoms with E-state index in [1.165, 1.54) is 19.1 Å². The highest BCUT2D eigenvalue weighted by atomic mass is 32.2. The van der Waals surface area contributed by atoms with E-state index in [-0.39, 0.29) is 11.3 Å². The molecule has 0 aromatic heterocycles. The van der Waals surface area contributed by atoms with Crippen molar-refractivity contribution in [1.82, 2.24) is 4.90 Å². The van der Waals surface area contributed by atoms with E-state index >= 15 is 0 Å². The molecule has 0 heterocycles. The number of rotatable bonds is 6. The smallest absolute Gasteiger partial charge is 0.148 e. The van der Waals surface area contributed by atoms with Crippen molar-refractivity contribution in [1.29, 1.82) is 0 Å². The number of sulfone groups is 1. The Morgan fingerprint density at radius 3 is 2.27 bits per heavy atom. The second-order valence-corrected chi connectivity index (χ2v) is 7.58. The zero-order valence-corrected chi connectivity index (χ0v) is 10.7. The van der Waals surface area contributed by atoms with Crippen LogP contribution < -0.4 is 5.73 Å². The molecule has 1 rings (SSSR count). The molecule has 90 valence electrons. The van der Waals surface area contributed by atoms with E-state index in [0.717, 1.165) is 6.54 Å². The summed E-state index contributed by atoms with van der Waals surface area (Å²) >= 11 is 0. The molecule has 1 fully saturated rings. The van der Waals surface area contributed by atoms with Gasteiger partial charge in [0.25, 0.3) is 0 Å². The quantitative estimate of drug-likeness (QED) is 0.715. The van der Waals surface area contributed by atoms with E-state index in [9.17, 15) is 8.42 Å². The maximum absolute atomic E-state index is 11.1. The molecule has 0 aliphatic heterocycles. The Labute approximate surface area is 92.7 Å². The molecule has 15 heavy (non-hydrogen) atoms. The molecule has 0 aromatic carbocycles. The number of hydrogen-bond acceptors (Lipinski definition) is 4. The molecule has 1 aliphatic rings. The zero-order chi connectivity index (χ0) is 11.7. The van der Waals surface area contributed by atoms with E-state index in [4.69, 9.17) is 5.73 Å². The molecule has 0 saturated heterocycles. The average molecular weight is 234 g/mol. The minimum absolute atomic E-state index is 0.236. The molecule has 0 amide bonds. The van der Waals surface area contributed by atoms with Gasteiger partial charge in [-0.25, -0.2) is 8.42 Å². The normalized spacial score (nSPS) is 18.5. The van der Waals surface area contributed by atoms with Gasteiger partial charge in [0.15, 0.2) is 0 Å². The van der Waals surface area contributed by atoms with E-state index < -0.39 is 9.84 Å². The Kier molecular flexibility index (Phi) is 3.79. The van der Waals surface area contributed by atoms with Gasteiger partial charge >= 0.3 is 0 Å². The average Bonchev–Trinajstić information content (AvgIpc) is 2.75. The van der Waals surface area contributed by atoms with Crippen LogP contribution in [0.1, 0.15) is 26.7 Å². The van der Waals surface area contributed by atoms with Gasteiger partial charge in [-0.2, -0.15) is 0 Å². The Balaban J connectivity index is 2.45. The summed E-state index contributed by atoms with van der Waals surface area (Å²) in [5.41, 5.74) is 5.70. The molecule has 0 radical (unpaired) electrons. The lowest BCUT2D eigenvalue weighted by atomic mass is 10.1. The first kappa shape index (κ1) is 12.9. The maximum Gasteiger partial charge on any atom is 0.148 e. The van der Waals surface area contributed by atoms with Gasteiger partial charge in [0.05, 0.1) is 5.75 Å². The van der Waals surface area contributed by atoms with Crippen LogP contribution in [-0.4, -0.2) is 50.0 Å². The molecule has 2 N–H and O–H groups in total. The molecule has 1 saturated carbocycles. The summed E-state index contributed by atoms with van der Waals surface area (Å²) in [6, 6.07) is 0.564. The van der Waals surface area contributed by atoms with Crippen LogP contribution in [0.2, 0.25) is 0 Å². The van der Waals surface area contributed by atoms with Crippen LogP contribution >= 0.6 is 0 Å². The predicted octanol–water partition coefficient (Wildman–Crippen LogP) is 0.233. The lowest BCUT2D eigenvalue weighted by molar-refractivity contribution is 0.227. The summed E-state index contributed by atoms with van der Waals surface area (Å²) in [6.07, 6.45) is 3.64. The molecule has 0 bridgehead atoms. The van der Waals surface area contributed by atoms with Gasteiger partial charge in [0, 0.05) is 30.9 Å². The zero-order valence-electron chi connectivity index (χ0n) is 9.86. The van der Waals surface area contributed by atoms with Crippen LogP contribution in [0.4, 0.5) is 0 Å². The van der Waals surface area contributed by atoms with Crippen molar-refractivity contribution in [3.63, 3.8) is 0 Å². The van der Waals surface area contributed by atoms with Crippen molar-refractivity contribution >= 4 is 9.84 Å². The van der Waals surface area contributed by atoms with Gasteiger partial charge in [-0.3, -0.25) is 4.90 Å². The van der Waals surface area contributed by atoms with Crippen LogP contribution in [0, 0.1) is 0 Å². The molecule has 4 nitrogen and oxygen atoms in total. The first-order valence-electron chi connectivity index (χ1n) is 5.38. The fourth-order valence-electron chi connectivity index (χ4n) is 1.64. The molecule has 5 heteroatoms. The van der Waals surface area contributed by atoms with Crippen LogP contribution in [-0.2, 0) is 9.84 Å². The molecule has 1 aliphatic carbocycles. The molecular formula is C10H22N2O2S. The second-order valence-electron chi connectivity index (χ2n) is 5.32. The fraction of sp³-hybridized carbons (Fsp3) is 1.00. The number of nitrogens with two attached hydrogens (primary N) is 1. The van der Waals surface area contributed by atoms with Gasteiger partial charge in [-0.15, -0.1) is 0 Å². The van der Waals surface area contributed by atoms with Crippen molar-refractivity contribution in [2.45, 2.75) is 38.3 Å². The Bertz CT molecular complexity index is 302. The highest BCUT2D eigenvalue weighted by Crippen LogP contribution is 2.27. The SMILES string of the molecule is CC(C)(N)CN(CCS(C)(=O)=O)C1CC1. The van der Waals surface area contributed by atoms with Crippen molar-refractivity contribution < 1.29 is 8.42 Å². The highest BCUT2D eigenvalue weighted by molar-refractivity contribution is 7.90. The molecule has 0 atom stereocenters. The summed E-state index contributed by atoms with van der Waals surface area (Å²) in [5, 5.41) is 0. The summed E-state index contributed by atoms with van der Waals surface area (Å²) < 4.78 is 22.2. The molecule has 0 aromatic rings. The topological polar surface area (TPSA) is 63.4 Å². The van der Waals surface area contributed by atoms with Gasteiger partial charge in [0.1, 0.15) is 9.84 Å². The van der Waals surface area contributed by atoms with E-state index in [1.54, 1.807) is 0 Å². The van der Waals surface area contributed by atoms with Crippen LogP contribution in [0.25, 0.3) is 0 Å². The monoisotopic (exact) mass is 234 g/mol. The number of nitrogens with zero attached hydrogens (tertiary/aromatic N) is 1. The van der Waals surface area contributed by atoms with Crippen molar-refractivity contribution in [3.05, 3.63) is 0 Å². The highest BCUT2D eigenvalue weighted by Gasteiger charge is 2.31. The third-order valence-electron chi connectivity index (χ3n) is 2.42. The molecule has 0 unspecified atom stereocenters. The van der Waals surface area contributed by atoms with Gasteiger partial charge in [-0.05, 0) is 26.7 Å². The summed E-state index contributed by atoms with van der Waals surface area (Å²) in [5.74, 6) is 0.236. The minimum atomic E-state index is -2.86. The van der Waals surface area contributed by atoms with Gasteiger partial charge in [-0.1, -0.05) is 0 Å². The summed E-state index contributed by atoms with van der Waals surface area (Å²) in [4.78, 5) is 2.21. The molecule has 0 spiro atoms. The molecular weight excluding hydrogens is 212 g/mol. The Morgan fingerprint density at radius 1 is 1.40 bits per heavy atom. The standard InChI is InChI=1S/C10H22N2O2S/c1-10(2,11)8-12(9-4-5-9)6-7-15(3,13)14/h9H,4-8,11H2,1-3H3. The predicted molar refractivity (Wildman–Crippen MR) is 62.6 cm³/mol. The minimum Gasteiger partial charge on any atom is -0.324 e. The van der Waals surface area contributed by atoms with Crippen molar-refractivity contribution in [2.24, 2.45) is 5.73 Å². The third kappa shape index (κ3) is 6.12.